The zero-order valence-electron chi connectivity index (χ0n) is 18.6. The molecule has 4 atom stereocenters. The van der Waals surface area contributed by atoms with E-state index in [1.807, 2.05) is 0 Å². The van der Waals surface area contributed by atoms with E-state index in [1.54, 1.807) is 41.5 Å². The van der Waals surface area contributed by atoms with Crippen LogP contribution in [0.3, 0.4) is 0 Å². The number of nitrogens with two attached hydrogens (primary N) is 1. The molecular weight excluding hydrogens is 398 g/mol. The van der Waals surface area contributed by atoms with Crippen molar-refractivity contribution in [2.45, 2.75) is 83.4 Å². The molecule has 30 heavy (non-hydrogen) atoms. The average Bonchev–Trinajstić information content (AvgIpc) is 3.00. The number of aliphatic hydroxyl groups is 1. The molecule has 1 aliphatic heterocycles. The molecule has 172 valence electrons. The van der Waals surface area contributed by atoms with Gasteiger partial charge in [-0.3, -0.25) is 14.5 Å². The Balaban J connectivity index is 2.82. The fourth-order valence-electron chi connectivity index (χ4n) is 2.77. The summed E-state index contributed by atoms with van der Waals surface area (Å²) in [6, 6.07) is -3.24. The number of ether oxygens (including phenoxy) is 3. The van der Waals surface area contributed by atoms with Gasteiger partial charge in [-0.05, 0) is 41.5 Å². The quantitative estimate of drug-likeness (QED) is 0.392. The first-order valence-corrected chi connectivity index (χ1v) is 9.60. The van der Waals surface area contributed by atoms with Crippen LogP contribution >= 0.6 is 0 Å². The second kappa shape index (κ2) is 9.61. The highest BCUT2D eigenvalue weighted by atomic mass is 16.6. The number of carbonyl (C=O) groups is 4. The molecule has 2 amide bonds. The Hall–Kier alpha value is -2.40. The number of hydrogen-bond acceptors (Lipinski definition) is 9. The maximum atomic E-state index is 12.4. The molecule has 0 aliphatic carbocycles. The number of nitrogens with zero attached hydrogens (tertiary/aromatic N) is 1. The van der Waals surface area contributed by atoms with E-state index in [-0.39, 0.29) is 13.0 Å². The Kier molecular flexibility index (Phi) is 8.21. The van der Waals surface area contributed by atoms with E-state index in [0.717, 1.165) is 4.90 Å². The number of aliphatic hydroxyl groups excluding tert-OH is 1. The van der Waals surface area contributed by atoms with E-state index in [2.05, 4.69) is 5.32 Å². The van der Waals surface area contributed by atoms with Gasteiger partial charge in [-0.15, -0.1) is 0 Å². The van der Waals surface area contributed by atoms with Crippen molar-refractivity contribution in [3.05, 3.63) is 0 Å². The van der Waals surface area contributed by atoms with E-state index in [9.17, 15) is 24.3 Å². The Morgan fingerprint density at radius 3 is 2.07 bits per heavy atom. The van der Waals surface area contributed by atoms with Crippen LogP contribution in [0.2, 0.25) is 0 Å². The van der Waals surface area contributed by atoms with E-state index < -0.39 is 59.4 Å². The molecule has 0 aromatic rings. The van der Waals surface area contributed by atoms with E-state index in [1.165, 1.54) is 7.11 Å². The van der Waals surface area contributed by atoms with E-state index in [4.69, 9.17) is 19.9 Å². The first-order valence-electron chi connectivity index (χ1n) is 9.60. The van der Waals surface area contributed by atoms with Gasteiger partial charge in [0.2, 0.25) is 0 Å². The zero-order valence-corrected chi connectivity index (χ0v) is 18.6. The van der Waals surface area contributed by atoms with E-state index in [0.29, 0.717) is 0 Å². The van der Waals surface area contributed by atoms with Gasteiger partial charge in [0.15, 0.2) is 6.10 Å². The van der Waals surface area contributed by atoms with Gasteiger partial charge in [0.25, 0.3) is 5.91 Å². The molecule has 11 nitrogen and oxygen atoms in total. The minimum Gasteiger partial charge on any atom is -0.467 e. The fraction of sp³-hybridized carbons (Fsp3) is 0.789. The minimum atomic E-state index is -1.87. The number of rotatable bonds is 5. The lowest BCUT2D eigenvalue weighted by Crippen LogP contribution is -2.54. The highest BCUT2D eigenvalue weighted by Gasteiger charge is 2.43. The number of carbonyl (C=O) groups excluding carboxylic acids is 4. The van der Waals surface area contributed by atoms with Crippen LogP contribution in [0.25, 0.3) is 0 Å². The standard InChI is InChI=1S/C19H33N3O8/c1-18(2,3)29-16(26)12(20)13(23)14(24)21-10-8-11(15(25)28-7)22(9-10)17(27)30-19(4,5)6/h10-13,23H,8-9,20H2,1-7H3,(H,21,24)/t10?,11-,12?,13?/m1/s1. The second-order valence-corrected chi connectivity index (χ2v) is 9.12. The van der Waals surface area contributed by atoms with Crippen LogP contribution in [-0.4, -0.2) is 83.0 Å². The molecular formula is C19H33N3O8. The lowest BCUT2D eigenvalue weighted by molar-refractivity contribution is -0.161. The second-order valence-electron chi connectivity index (χ2n) is 9.12. The molecule has 0 bridgehead atoms. The normalized spacial score (nSPS) is 21.4. The summed E-state index contributed by atoms with van der Waals surface area (Å²) < 4.78 is 15.1. The van der Waals surface area contributed by atoms with Crippen molar-refractivity contribution in [3.8, 4) is 0 Å². The van der Waals surface area contributed by atoms with Gasteiger partial charge in [-0.25, -0.2) is 9.59 Å². The summed E-state index contributed by atoms with van der Waals surface area (Å²) in [6.07, 6.45) is -2.56. The van der Waals surface area contributed by atoms with Gasteiger partial charge in [-0.1, -0.05) is 0 Å². The summed E-state index contributed by atoms with van der Waals surface area (Å²) in [5.41, 5.74) is 4.02. The van der Waals surface area contributed by atoms with E-state index >= 15 is 0 Å². The predicted molar refractivity (Wildman–Crippen MR) is 105 cm³/mol. The molecule has 1 aliphatic rings. The molecule has 1 heterocycles. The third-order valence-corrected chi connectivity index (χ3v) is 4.04. The molecule has 0 spiro atoms. The SMILES string of the molecule is COC(=O)[C@H]1CC(NC(=O)C(O)C(N)C(=O)OC(C)(C)C)CN1C(=O)OC(C)(C)C. The smallest absolute Gasteiger partial charge is 0.411 e. The van der Waals surface area contributed by atoms with Crippen LogP contribution in [0.1, 0.15) is 48.0 Å². The van der Waals surface area contributed by atoms with Gasteiger partial charge in [0.1, 0.15) is 23.3 Å². The molecule has 3 unspecified atom stereocenters. The summed E-state index contributed by atoms with van der Waals surface area (Å²) in [7, 11) is 1.19. The number of likely N-dealkylation sites (tertiary alicyclic amines) is 1. The first-order chi connectivity index (χ1) is 13.6. The highest BCUT2D eigenvalue weighted by molar-refractivity contribution is 5.89. The molecule has 1 fully saturated rings. The van der Waals surface area contributed by atoms with Gasteiger partial charge < -0.3 is 30.4 Å². The van der Waals surface area contributed by atoms with Crippen LogP contribution in [0.5, 0.6) is 0 Å². The number of nitrogens with one attached hydrogen (secondary N) is 1. The van der Waals surface area contributed by atoms with Crippen molar-refractivity contribution in [1.82, 2.24) is 10.2 Å². The Bertz CT molecular complexity index is 668. The minimum absolute atomic E-state index is 0.0468. The van der Waals surface area contributed by atoms with Crippen molar-refractivity contribution in [3.63, 3.8) is 0 Å². The maximum absolute atomic E-state index is 12.4. The number of hydrogen-bond donors (Lipinski definition) is 3. The summed E-state index contributed by atoms with van der Waals surface area (Å²) in [5, 5.41) is 12.6. The van der Waals surface area contributed by atoms with Crippen LogP contribution in [-0.2, 0) is 28.6 Å². The van der Waals surface area contributed by atoms with Gasteiger partial charge in [0, 0.05) is 19.0 Å². The topological polar surface area (TPSA) is 157 Å². The van der Waals surface area contributed by atoms with Crippen LogP contribution < -0.4 is 11.1 Å². The van der Waals surface area contributed by atoms with Gasteiger partial charge >= 0.3 is 18.0 Å². The van der Waals surface area contributed by atoms with Crippen LogP contribution in [0.4, 0.5) is 4.79 Å². The van der Waals surface area contributed by atoms with Crippen LogP contribution in [0.15, 0.2) is 0 Å². The molecule has 0 radical (unpaired) electrons. The first kappa shape index (κ1) is 25.6. The molecule has 0 aromatic heterocycles. The van der Waals surface area contributed by atoms with Crippen molar-refractivity contribution < 1.29 is 38.5 Å². The molecule has 11 heteroatoms. The molecule has 1 saturated heterocycles. The summed E-state index contributed by atoms with van der Waals surface area (Å²) >= 11 is 0. The maximum Gasteiger partial charge on any atom is 0.411 e. The monoisotopic (exact) mass is 431 g/mol. The average molecular weight is 431 g/mol. The fourth-order valence-corrected chi connectivity index (χ4v) is 2.77. The van der Waals surface area contributed by atoms with Gasteiger partial charge in [-0.2, -0.15) is 0 Å². The lowest BCUT2D eigenvalue weighted by Gasteiger charge is -2.27. The molecule has 0 saturated carbocycles. The Morgan fingerprint density at radius 1 is 1.07 bits per heavy atom. The lowest BCUT2D eigenvalue weighted by atomic mass is 10.1. The third-order valence-electron chi connectivity index (χ3n) is 4.04. The number of amides is 2. The van der Waals surface area contributed by atoms with Gasteiger partial charge in [0.05, 0.1) is 7.11 Å². The molecule has 0 aromatic carbocycles. The van der Waals surface area contributed by atoms with Crippen molar-refractivity contribution in [2.24, 2.45) is 5.73 Å². The summed E-state index contributed by atoms with van der Waals surface area (Å²) in [5.74, 6) is -2.52. The number of esters is 2. The number of methoxy groups -OCH3 is 1. The predicted octanol–water partition coefficient (Wildman–Crippen LogP) is -0.316. The highest BCUT2D eigenvalue weighted by Crippen LogP contribution is 2.22. The largest absolute Gasteiger partial charge is 0.467 e. The Morgan fingerprint density at radius 2 is 1.60 bits per heavy atom. The third kappa shape index (κ3) is 7.45. The summed E-state index contributed by atoms with van der Waals surface area (Å²) in [6.45, 7) is 9.88. The summed E-state index contributed by atoms with van der Waals surface area (Å²) in [4.78, 5) is 50.0. The Labute approximate surface area is 176 Å². The van der Waals surface area contributed by atoms with Crippen molar-refractivity contribution in [1.29, 1.82) is 0 Å². The zero-order chi connectivity index (χ0) is 23.4. The van der Waals surface area contributed by atoms with Crippen molar-refractivity contribution >= 4 is 23.9 Å². The van der Waals surface area contributed by atoms with Crippen molar-refractivity contribution in [2.75, 3.05) is 13.7 Å². The van der Waals surface area contributed by atoms with Crippen LogP contribution in [0, 0.1) is 0 Å². The molecule has 4 N–H and O–H groups in total. The molecule has 1 rings (SSSR count).